The molecule has 0 bridgehead atoms. The molecular formula is C17H20N2O4S. The largest absolute Gasteiger partial charge is 0.480 e. The number of likely N-dealkylation sites (tertiary alicyclic amines) is 1. The molecule has 2 aliphatic rings. The van der Waals surface area contributed by atoms with Gasteiger partial charge in [-0.3, -0.25) is 19.3 Å². The minimum atomic E-state index is -1.09. The van der Waals surface area contributed by atoms with E-state index in [0.717, 1.165) is 30.6 Å². The van der Waals surface area contributed by atoms with E-state index in [2.05, 4.69) is 0 Å². The molecule has 128 valence electrons. The molecule has 2 aliphatic heterocycles. The molecule has 0 aromatic heterocycles. The van der Waals surface area contributed by atoms with Gasteiger partial charge in [-0.2, -0.15) is 0 Å². The van der Waals surface area contributed by atoms with E-state index < -0.39 is 23.7 Å². The van der Waals surface area contributed by atoms with E-state index in [-0.39, 0.29) is 5.91 Å². The van der Waals surface area contributed by atoms with E-state index in [9.17, 15) is 14.4 Å². The summed E-state index contributed by atoms with van der Waals surface area (Å²) in [6.07, 6.45) is 4.10. The second-order valence-electron chi connectivity index (χ2n) is 6.02. The second-order valence-corrected chi connectivity index (χ2v) is 7.17. The minimum Gasteiger partial charge on any atom is -0.480 e. The van der Waals surface area contributed by atoms with Crippen LogP contribution in [0.3, 0.4) is 0 Å². The molecule has 1 saturated heterocycles. The third-order valence-electron chi connectivity index (χ3n) is 4.33. The number of carbonyl (C=O) groups is 3. The SMILES string of the molecule is O=C(O)CN1C(=O)[C@@H](C(=O)N2CCCCCC2)Sc2ccccc21. The van der Waals surface area contributed by atoms with Gasteiger partial charge in [0, 0.05) is 18.0 Å². The molecule has 0 unspecified atom stereocenters. The van der Waals surface area contributed by atoms with Crippen LogP contribution in [0.15, 0.2) is 29.2 Å². The molecule has 1 aromatic carbocycles. The maximum Gasteiger partial charge on any atom is 0.323 e. The first-order valence-electron chi connectivity index (χ1n) is 8.15. The Morgan fingerprint density at radius 2 is 1.79 bits per heavy atom. The highest BCUT2D eigenvalue weighted by molar-refractivity contribution is 8.01. The van der Waals surface area contributed by atoms with Gasteiger partial charge in [-0.1, -0.05) is 25.0 Å². The molecule has 3 rings (SSSR count). The summed E-state index contributed by atoms with van der Waals surface area (Å²) in [5.74, 6) is -1.72. The Morgan fingerprint density at radius 3 is 2.46 bits per heavy atom. The van der Waals surface area contributed by atoms with E-state index in [1.165, 1.54) is 16.7 Å². The molecule has 0 radical (unpaired) electrons. The van der Waals surface area contributed by atoms with Crippen molar-refractivity contribution in [3.05, 3.63) is 24.3 Å². The van der Waals surface area contributed by atoms with Crippen molar-refractivity contribution in [2.75, 3.05) is 24.5 Å². The van der Waals surface area contributed by atoms with Crippen molar-refractivity contribution in [1.29, 1.82) is 0 Å². The summed E-state index contributed by atoms with van der Waals surface area (Å²) in [5, 5.41) is 8.23. The Morgan fingerprint density at radius 1 is 1.12 bits per heavy atom. The molecule has 6 nitrogen and oxygen atoms in total. The van der Waals surface area contributed by atoms with Gasteiger partial charge in [0.15, 0.2) is 5.25 Å². The number of hydrogen-bond donors (Lipinski definition) is 1. The average molecular weight is 348 g/mol. The number of aliphatic carboxylic acids is 1. The van der Waals surface area contributed by atoms with Crippen molar-refractivity contribution in [1.82, 2.24) is 4.90 Å². The van der Waals surface area contributed by atoms with Crippen LogP contribution >= 0.6 is 11.8 Å². The molecule has 24 heavy (non-hydrogen) atoms. The molecule has 0 saturated carbocycles. The zero-order valence-electron chi connectivity index (χ0n) is 13.3. The number of fused-ring (bicyclic) bond motifs is 1. The molecule has 2 amide bonds. The topological polar surface area (TPSA) is 77.9 Å². The zero-order chi connectivity index (χ0) is 17.1. The Balaban J connectivity index is 1.87. The average Bonchev–Trinajstić information content (AvgIpc) is 2.85. The predicted octanol–water partition coefficient (Wildman–Crippen LogP) is 1.98. The van der Waals surface area contributed by atoms with Crippen LogP contribution in [0.1, 0.15) is 25.7 Å². The van der Waals surface area contributed by atoms with Gasteiger partial charge in [0.2, 0.25) is 5.91 Å². The van der Waals surface area contributed by atoms with Crippen LogP contribution in [0, 0.1) is 0 Å². The molecule has 7 heteroatoms. The summed E-state index contributed by atoms with van der Waals surface area (Å²) < 4.78 is 0. The number of thioether (sulfide) groups is 1. The number of anilines is 1. The second kappa shape index (κ2) is 7.25. The fourth-order valence-corrected chi connectivity index (χ4v) is 4.32. The summed E-state index contributed by atoms with van der Waals surface area (Å²) >= 11 is 1.23. The number of carbonyl (C=O) groups excluding carboxylic acids is 2. The minimum absolute atomic E-state index is 0.197. The van der Waals surface area contributed by atoms with Crippen LogP contribution in [-0.4, -0.2) is 52.7 Å². The lowest BCUT2D eigenvalue weighted by Crippen LogP contribution is -2.51. The lowest BCUT2D eigenvalue weighted by atomic mass is 10.2. The number of nitrogens with zero attached hydrogens (tertiary/aromatic N) is 2. The molecular weight excluding hydrogens is 328 g/mol. The van der Waals surface area contributed by atoms with Crippen LogP contribution in [0.4, 0.5) is 5.69 Å². The number of carboxylic acids is 1. The molecule has 1 N–H and O–H groups in total. The first kappa shape index (κ1) is 16.8. The summed E-state index contributed by atoms with van der Waals surface area (Å²) in [5.41, 5.74) is 0.565. The highest BCUT2D eigenvalue weighted by atomic mass is 32.2. The first-order chi connectivity index (χ1) is 11.6. The lowest BCUT2D eigenvalue weighted by Gasteiger charge is -2.34. The summed E-state index contributed by atoms with van der Waals surface area (Å²) in [6, 6.07) is 7.13. The van der Waals surface area contributed by atoms with Crippen LogP contribution in [0.2, 0.25) is 0 Å². The molecule has 1 atom stereocenters. The standard InChI is InChI=1S/C17H20N2O4S/c20-14(21)11-19-12-7-3-4-8-13(12)24-15(17(19)23)16(22)18-9-5-1-2-6-10-18/h3-4,7-8,15H,1-2,5-6,9-11H2,(H,20,21)/t15-/m1/s1. The third-order valence-corrected chi connectivity index (χ3v) is 5.56. The van der Waals surface area contributed by atoms with Crippen LogP contribution in [-0.2, 0) is 14.4 Å². The Kier molecular flexibility index (Phi) is 5.08. The quantitative estimate of drug-likeness (QED) is 0.845. The number of hydrogen-bond acceptors (Lipinski definition) is 4. The van der Waals surface area contributed by atoms with Gasteiger partial charge in [-0.15, -0.1) is 11.8 Å². The maximum atomic E-state index is 12.9. The van der Waals surface area contributed by atoms with Gasteiger partial charge >= 0.3 is 5.97 Å². The Bertz CT molecular complexity index is 656. The maximum absolute atomic E-state index is 12.9. The molecule has 1 aromatic rings. The lowest BCUT2D eigenvalue weighted by molar-refractivity contribution is -0.138. The van der Waals surface area contributed by atoms with Crippen LogP contribution in [0.25, 0.3) is 0 Å². The number of carboxylic acid groups (broad SMARTS) is 1. The smallest absolute Gasteiger partial charge is 0.323 e. The summed E-state index contributed by atoms with van der Waals surface area (Å²) in [6.45, 7) is 0.910. The van der Waals surface area contributed by atoms with Crippen molar-refractivity contribution in [3.63, 3.8) is 0 Å². The van der Waals surface area contributed by atoms with Gasteiger partial charge in [0.25, 0.3) is 5.91 Å². The van der Waals surface area contributed by atoms with Gasteiger partial charge in [-0.05, 0) is 25.0 Å². The fraction of sp³-hybridized carbons (Fsp3) is 0.471. The number of benzene rings is 1. The molecule has 0 aliphatic carbocycles. The normalized spacial score (nSPS) is 21.2. The van der Waals surface area contributed by atoms with Gasteiger partial charge < -0.3 is 10.0 Å². The van der Waals surface area contributed by atoms with Gasteiger partial charge in [0.1, 0.15) is 6.54 Å². The van der Waals surface area contributed by atoms with Crippen molar-refractivity contribution < 1.29 is 19.5 Å². The van der Waals surface area contributed by atoms with Crippen molar-refractivity contribution >= 4 is 35.2 Å². The van der Waals surface area contributed by atoms with Crippen molar-refractivity contribution in [2.45, 2.75) is 35.8 Å². The van der Waals surface area contributed by atoms with Crippen LogP contribution in [0.5, 0.6) is 0 Å². The predicted molar refractivity (Wildman–Crippen MR) is 91.1 cm³/mol. The zero-order valence-corrected chi connectivity index (χ0v) is 14.1. The van der Waals surface area contributed by atoms with Crippen molar-refractivity contribution in [3.8, 4) is 0 Å². The summed E-state index contributed by atoms with van der Waals surface area (Å²) in [4.78, 5) is 40.6. The van der Waals surface area contributed by atoms with E-state index >= 15 is 0 Å². The highest BCUT2D eigenvalue weighted by Gasteiger charge is 2.40. The Labute approximate surface area is 144 Å². The first-order valence-corrected chi connectivity index (χ1v) is 9.03. The van der Waals surface area contributed by atoms with Gasteiger partial charge in [0.05, 0.1) is 5.69 Å². The summed E-state index contributed by atoms with van der Waals surface area (Å²) in [7, 11) is 0. The molecule has 0 spiro atoms. The highest BCUT2D eigenvalue weighted by Crippen LogP contribution is 2.39. The van der Waals surface area contributed by atoms with E-state index in [1.807, 2.05) is 12.1 Å². The molecule has 2 heterocycles. The van der Waals surface area contributed by atoms with E-state index in [4.69, 9.17) is 5.11 Å². The van der Waals surface area contributed by atoms with Gasteiger partial charge in [-0.25, -0.2) is 0 Å². The van der Waals surface area contributed by atoms with Crippen LogP contribution < -0.4 is 4.90 Å². The Hall–Kier alpha value is -2.02. The van der Waals surface area contributed by atoms with E-state index in [1.54, 1.807) is 17.0 Å². The number of para-hydroxylation sites is 1. The number of rotatable bonds is 3. The monoisotopic (exact) mass is 348 g/mol. The fourth-order valence-electron chi connectivity index (χ4n) is 3.13. The molecule has 1 fully saturated rings. The van der Waals surface area contributed by atoms with E-state index in [0.29, 0.717) is 18.8 Å². The van der Waals surface area contributed by atoms with Crippen molar-refractivity contribution in [2.24, 2.45) is 0 Å². The number of amides is 2. The third kappa shape index (κ3) is 3.40.